The summed E-state index contributed by atoms with van der Waals surface area (Å²) in [6.07, 6.45) is 0. The van der Waals surface area contributed by atoms with E-state index < -0.39 is 6.04 Å². The molecule has 3 rings (SSSR count). The zero-order valence-electron chi connectivity index (χ0n) is 17.8. The second-order valence-electron chi connectivity index (χ2n) is 7.35. The Hall–Kier alpha value is -3.06. The van der Waals surface area contributed by atoms with E-state index >= 15 is 0 Å². The molecular formula is C23H29N3O4. The third-order valence-corrected chi connectivity index (χ3v) is 5.29. The number of benzene rings is 2. The topological polar surface area (TPSA) is 71.1 Å². The van der Waals surface area contributed by atoms with Gasteiger partial charge < -0.3 is 19.7 Å². The van der Waals surface area contributed by atoms with Crippen LogP contribution in [0.15, 0.2) is 48.5 Å². The fraction of sp³-hybridized carbons (Fsp3) is 0.391. The molecule has 0 radical (unpaired) electrons. The summed E-state index contributed by atoms with van der Waals surface area (Å²) in [6, 6.07) is 14.3. The molecule has 0 spiro atoms. The molecule has 1 aliphatic rings. The number of carbonyl (C=O) groups is 2. The predicted octanol–water partition coefficient (Wildman–Crippen LogP) is 2.17. The van der Waals surface area contributed by atoms with E-state index in [2.05, 4.69) is 10.2 Å². The lowest BCUT2D eigenvalue weighted by molar-refractivity contribution is -0.134. The van der Waals surface area contributed by atoms with Gasteiger partial charge in [0.25, 0.3) is 5.91 Å². The molecule has 7 heteroatoms. The summed E-state index contributed by atoms with van der Waals surface area (Å²) in [4.78, 5) is 29.2. The van der Waals surface area contributed by atoms with Crippen LogP contribution in [-0.4, -0.2) is 68.1 Å². The maximum atomic E-state index is 12.7. The molecule has 1 heterocycles. The van der Waals surface area contributed by atoms with Crippen molar-refractivity contribution in [3.63, 3.8) is 0 Å². The Balaban J connectivity index is 1.50. The molecule has 7 nitrogen and oxygen atoms in total. The Labute approximate surface area is 177 Å². The zero-order chi connectivity index (χ0) is 21.5. The summed E-state index contributed by atoms with van der Waals surface area (Å²) in [7, 11) is 3.25. The van der Waals surface area contributed by atoms with Gasteiger partial charge in [-0.15, -0.1) is 0 Å². The normalized spacial score (nSPS) is 15.4. The van der Waals surface area contributed by atoms with Gasteiger partial charge in [-0.05, 0) is 36.8 Å². The van der Waals surface area contributed by atoms with Crippen molar-refractivity contribution in [2.45, 2.75) is 19.5 Å². The molecule has 1 N–H and O–H groups in total. The number of carbonyl (C=O) groups excluding carboxylic acids is 2. The zero-order valence-corrected chi connectivity index (χ0v) is 17.8. The minimum Gasteiger partial charge on any atom is -0.493 e. The smallest absolute Gasteiger partial charge is 0.251 e. The number of nitrogens with one attached hydrogen (secondary N) is 1. The largest absolute Gasteiger partial charge is 0.493 e. The highest BCUT2D eigenvalue weighted by Crippen LogP contribution is 2.28. The third kappa shape index (κ3) is 5.30. The van der Waals surface area contributed by atoms with E-state index in [0.29, 0.717) is 30.2 Å². The highest BCUT2D eigenvalue weighted by molar-refractivity contribution is 5.97. The van der Waals surface area contributed by atoms with Crippen molar-refractivity contribution in [1.82, 2.24) is 15.1 Å². The predicted molar refractivity (Wildman–Crippen MR) is 115 cm³/mol. The molecule has 1 unspecified atom stereocenters. The van der Waals surface area contributed by atoms with Crippen LogP contribution in [0, 0.1) is 0 Å². The van der Waals surface area contributed by atoms with Gasteiger partial charge in [0, 0.05) is 38.3 Å². The van der Waals surface area contributed by atoms with Gasteiger partial charge in [-0.25, -0.2) is 0 Å². The van der Waals surface area contributed by atoms with Crippen LogP contribution in [0.2, 0.25) is 0 Å². The summed E-state index contributed by atoms with van der Waals surface area (Å²) in [6.45, 7) is 5.34. The molecule has 0 bridgehead atoms. The number of piperazine rings is 1. The molecule has 1 atom stereocenters. The average molecular weight is 412 g/mol. The van der Waals surface area contributed by atoms with Gasteiger partial charge in [-0.2, -0.15) is 0 Å². The van der Waals surface area contributed by atoms with Gasteiger partial charge in [0.05, 0.1) is 14.2 Å². The highest BCUT2D eigenvalue weighted by Gasteiger charge is 2.26. The minimum absolute atomic E-state index is 0.0509. The fourth-order valence-corrected chi connectivity index (χ4v) is 3.57. The lowest BCUT2D eigenvalue weighted by atomic mass is 10.1. The number of ether oxygens (including phenoxy) is 2. The molecule has 160 valence electrons. The van der Waals surface area contributed by atoms with E-state index in [1.165, 1.54) is 0 Å². The summed E-state index contributed by atoms with van der Waals surface area (Å²) in [5, 5.41) is 2.80. The molecule has 0 saturated carbocycles. The molecule has 2 amide bonds. The van der Waals surface area contributed by atoms with Gasteiger partial charge in [0.2, 0.25) is 5.91 Å². The Kier molecular flexibility index (Phi) is 7.30. The van der Waals surface area contributed by atoms with Crippen LogP contribution >= 0.6 is 0 Å². The maximum Gasteiger partial charge on any atom is 0.251 e. The van der Waals surface area contributed by atoms with E-state index in [9.17, 15) is 9.59 Å². The molecule has 2 aromatic rings. The summed E-state index contributed by atoms with van der Waals surface area (Å²) < 4.78 is 10.7. The number of hydrogen-bond acceptors (Lipinski definition) is 5. The molecular weight excluding hydrogens is 382 g/mol. The summed E-state index contributed by atoms with van der Waals surface area (Å²) in [5.74, 6) is 1.14. The number of methoxy groups -OCH3 is 2. The van der Waals surface area contributed by atoms with Gasteiger partial charge in [0.15, 0.2) is 11.5 Å². The maximum absolute atomic E-state index is 12.7. The van der Waals surface area contributed by atoms with Gasteiger partial charge in [-0.3, -0.25) is 14.5 Å². The molecule has 1 aliphatic heterocycles. The number of nitrogens with zero attached hydrogens (tertiary/aromatic N) is 2. The van der Waals surface area contributed by atoms with Crippen LogP contribution in [0.4, 0.5) is 0 Å². The number of rotatable bonds is 7. The van der Waals surface area contributed by atoms with Crippen molar-refractivity contribution in [2.75, 3.05) is 40.4 Å². The molecule has 30 heavy (non-hydrogen) atoms. The van der Waals surface area contributed by atoms with E-state index in [1.54, 1.807) is 45.4 Å². The minimum atomic E-state index is -0.560. The van der Waals surface area contributed by atoms with E-state index in [0.717, 1.165) is 25.2 Å². The molecule has 0 aliphatic carbocycles. The lowest BCUT2D eigenvalue weighted by Crippen LogP contribution is -2.53. The standard InChI is InChI=1S/C23H29N3O4/c1-17(24-22(27)19-7-5-4-6-8-19)23(28)26-13-11-25(12-14-26)16-18-9-10-20(29-2)21(15-18)30-3/h4-10,15,17H,11-14,16H2,1-3H3,(H,24,27). The first-order chi connectivity index (χ1) is 14.5. The first-order valence-electron chi connectivity index (χ1n) is 10.1. The van der Waals surface area contributed by atoms with Crippen LogP contribution in [0.1, 0.15) is 22.8 Å². The number of hydrogen-bond donors (Lipinski definition) is 1. The van der Waals surface area contributed by atoms with Crippen molar-refractivity contribution in [3.05, 3.63) is 59.7 Å². The Bertz CT molecular complexity index is 864. The first kappa shape index (κ1) is 21.6. The SMILES string of the molecule is COc1ccc(CN2CCN(C(=O)C(C)NC(=O)c3ccccc3)CC2)cc1OC. The third-order valence-electron chi connectivity index (χ3n) is 5.29. The monoisotopic (exact) mass is 411 g/mol. The second kappa shape index (κ2) is 10.1. The van der Waals surface area contributed by atoms with Crippen LogP contribution in [0.3, 0.4) is 0 Å². The van der Waals surface area contributed by atoms with E-state index in [1.807, 2.05) is 29.2 Å². The quantitative estimate of drug-likeness (QED) is 0.756. The fourth-order valence-electron chi connectivity index (χ4n) is 3.57. The molecule has 1 fully saturated rings. The van der Waals surface area contributed by atoms with Gasteiger partial charge >= 0.3 is 0 Å². The second-order valence-corrected chi connectivity index (χ2v) is 7.35. The lowest BCUT2D eigenvalue weighted by Gasteiger charge is -2.36. The van der Waals surface area contributed by atoms with Crippen molar-refractivity contribution in [2.24, 2.45) is 0 Å². The van der Waals surface area contributed by atoms with E-state index in [-0.39, 0.29) is 11.8 Å². The van der Waals surface area contributed by atoms with Gasteiger partial charge in [0.1, 0.15) is 6.04 Å². The van der Waals surface area contributed by atoms with Crippen LogP contribution in [0.25, 0.3) is 0 Å². The van der Waals surface area contributed by atoms with Gasteiger partial charge in [-0.1, -0.05) is 24.3 Å². The van der Waals surface area contributed by atoms with Crippen molar-refractivity contribution in [1.29, 1.82) is 0 Å². The van der Waals surface area contributed by atoms with Crippen molar-refractivity contribution in [3.8, 4) is 11.5 Å². The van der Waals surface area contributed by atoms with Crippen LogP contribution in [0.5, 0.6) is 11.5 Å². The summed E-state index contributed by atoms with van der Waals surface area (Å²) >= 11 is 0. The Morgan fingerprint density at radius 3 is 2.27 bits per heavy atom. The van der Waals surface area contributed by atoms with Crippen LogP contribution in [-0.2, 0) is 11.3 Å². The summed E-state index contributed by atoms with van der Waals surface area (Å²) in [5.41, 5.74) is 1.69. The van der Waals surface area contributed by atoms with E-state index in [4.69, 9.17) is 9.47 Å². The molecule has 2 aromatic carbocycles. The Morgan fingerprint density at radius 1 is 0.967 bits per heavy atom. The first-order valence-corrected chi connectivity index (χ1v) is 10.1. The van der Waals surface area contributed by atoms with Crippen LogP contribution < -0.4 is 14.8 Å². The highest BCUT2D eigenvalue weighted by atomic mass is 16.5. The molecule has 0 aromatic heterocycles. The Morgan fingerprint density at radius 2 is 1.63 bits per heavy atom. The van der Waals surface area contributed by atoms with Crippen molar-refractivity contribution < 1.29 is 19.1 Å². The molecule has 1 saturated heterocycles. The number of amides is 2. The van der Waals surface area contributed by atoms with Crippen molar-refractivity contribution >= 4 is 11.8 Å². The average Bonchev–Trinajstić information content (AvgIpc) is 2.79.